The SMILES string of the molecule is CC(C)CC(C)C1(c2ccccc2)COc2ccccc2NCNc2ccccc2OC1. The lowest BCUT2D eigenvalue weighted by Gasteiger charge is -2.40. The molecule has 0 saturated heterocycles. The molecule has 2 N–H and O–H groups in total. The predicted octanol–water partition coefficient (Wildman–Crippen LogP) is 6.56. The van der Waals surface area contributed by atoms with Gasteiger partial charge in [0.2, 0.25) is 0 Å². The number of hydrogen-bond acceptors (Lipinski definition) is 4. The number of nitrogens with one attached hydrogen (secondary N) is 2. The third kappa shape index (κ3) is 4.85. The summed E-state index contributed by atoms with van der Waals surface area (Å²) in [5.74, 6) is 2.66. The van der Waals surface area contributed by atoms with Gasteiger partial charge in [0, 0.05) is 0 Å². The number of benzene rings is 3. The van der Waals surface area contributed by atoms with Crippen LogP contribution < -0.4 is 20.1 Å². The van der Waals surface area contributed by atoms with Gasteiger partial charge in [0.1, 0.15) is 24.7 Å². The van der Waals surface area contributed by atoms with Gasteiger partial charge < -0.3 is 20.1 Å². The van der Waals surface area contributed by atoms with Gasteiger partial charge in [-0.25, -0.2) is 0 Å². The van der Waals surface area contributed by atoms with Crippen LogP contribution in [0.15, 0.2) is 78.9 Å². The molecule has 0 spiro atoms. The Morgan fingerprint density at radius 2 is 1.22 bits per heavy atom. The molecule has 0 amide bonds. The molecule has 1 aliphatic heterocycles. The quantitative estimate of drug-likeness (QED) is 0.492. The lowest BCUT2D eigenvalue weighted by molar-refractivity contribution is 0.0885. The van der Waals surface area contributed by atoms with Crippen LogP contribution in [0.3, 0.4) is 0 Å². The van der Waals surface area contributed by atoms with Gasteiger partial charge >= 0.3 is 0 Å². The highest BCUT2D eigenvalue weighted by atomic mass is 16.5. The van der Waals surface area contributed by atoms with E-state index in [1.807, 2.05) is 36.4 Å². The molecule has 1 heterocycles. The van der Waals surface area contributed by atoms with Crippen molar-refractivity contribution in [2.75, 3.05) is 30.5 Å². The van der Waals surface area contributed by atoms with Gasteiger partial charge in [-0.15, -0.1) is 0 Å². The molecule has 0 aliphatic carbocycles. The average molecular weight is 431 g/mol. The molecule has 168 valence electrons. The van der Waals surface area contributed by atoms with Gasteiger partial charge in [0.15, 0.2) is 0 Å². The molecule has 3 aromatic carbocycles. The molecular weight excluding hydrogens is 396 g/mol. The van der Waals surface area contributed by atoms with E-state index in [4.69, 9.17) is 9.47 Å². The minimum Gasteiger partial charge on any atom is -0.490 e. The first-order valence-corrected chi connectivity index (χ1v) is 11.6. The highest BCUT2D eigenvalue weighted by Crippen LogP contribution is 2.39. The van der Waals surface area contributed by atoms with Crippen molar-refractivity contribution < 1.29 is 9.47 Å². The van der Waals surface area contributed by atoms with Crippen LogP contribution in [-0.4, -0.2) is 19.9 Å². The lowest BCUT2D eigenvalue weighted by atomic mass is 9.69. The van der Waals surface area contributed by atoms with E-state index in [1.54, 1.807) is 0 Å². The molecule has 4 nitrogen and oxygen atoms in total. The maximum absolute atomic E-state index is 6.55. The van der Waals surface area contributed by atoms with Crippen molar-refractivity contribution in [2.24, 2.45) is 11.8 Å². The number of fused-ring (bicyclic) bond motifs is 2. The van der Waals surface area contributed by atoms with Crippen molar-refractivity contribution in [1.82, 2.24) is 0 Å². The normalized spacial score (nSPS) is 16.5. The molecule has 0 radical (unpaired) electrons. The van der Waals surface area contributed by atoms with E-state index < -0.39 is 0 Å². The van der Waals surface area contributed by atoms with Crippen molar-refractivity contribution in [3.05, 3.63) is 84.4 Å². The number of ether oxygens (including phenoxy) is 2. The zero-order valence-corrected chi connectivity index (χ0v) is 19.3. The summed E-state index contributed by atoms with van der Waals surface area (Å²) in [5.41, 5.74) is 2.92. The topological polar surface area (TPSA) is 42.5 Å². The molecule has 4 heteroatoms. The van der Waals surface area contributed by atoms with Gasteiger partial charge in [-0.3, -0.25) is 0 Å². The molecule has 0 aromatic heterocycles. The molecule has 1 atom stereocenters. The van der Waals surface area contributed by atoms with Gasteiger partial charge in [-0.2, -0.15) is 0 Å². The minimum absolute atomic E-state index is 0.301. The lowest BCUT2D eigenvalue weighted by Crippen LogP contribution is -2.46. The third-order valence-corrected chi connectivity index (χ3v) is 6.42. The van der Waals surface area contributed by atoms with Crippen LogP contribution in [0, 0.1) is 11.8 Å². The van der Waals surface area contributed by atoms with Crippen LogP contribution in [-0.2, 0) is 5.41 Å². The van der Waals surface area contributed by atoms with Crippen LogP contribution in [0.5, 0.6) is 11.5 Å². The minimum atomic E-state index is -0.301. The van der Waals surface area contributed by atoms with E-state index >= 15 is 0 Å². The molecule has 0 saturated carbocycles. The largest absolute Gasteiger partial charge is 0.490 e. The highest BCUT2D eigenvalue weighted by molar-refractivity contribution is 5.60. The standard InChI is InChI=1S/C28H34N2O2/c1-21(2)17-22(3)28(23-11-5-4-6-12-23)18-31-26-15-9-7-13-24(26)29-20-30-25-14-8-10-16-27(25)32-19-28/h4-16,21-22,29-30H,17-20H2,1-3H3. The van der Waals surface area contributed by atoms with Crippen molar-refractivity contribution in [2.45, 2.75) is 32.6 Å². The summed E-state index contributed by atoms with van der Waals surface area (Å²) in [6, 6.07) is 27.0. The zero-order chi connectivity index (χ0) is 22.4. The van der Waals surface area contributed by atoms with Crippen molar-refractivity contribution in [1.29, 1.82) is 0 Å². The Morgan fingerprint density at radius 3 is 1.75 bits per heavy atom. The van der Waals surface area contributed by atoms with E-state index in [2.05, 4.69) is 73.9 Å². The average Bonchev–Trinajstić information content (AvgIpc) is 2.80. The van der Waals surface area contributed by atoms with Crippen LogP contribution in [0.2, 0.25) is 0 Å². The van der Waals surface area contributed by atoms with Crippen molar-refractivity contribution >= 4 is 11.4 Å². The Bertz CT molecular complexity index is 952. The Balaban J connectivity index is 1.80. The highest BCUT2D eigenvalue weighted by Gasteiger charge is 2.40. The number of para-hydroxylation sites is 4. The van der Waals surface area contributed by atoms with E-state index in [1.165, 1.54) is 5.56 Å². The van der Waals surface area contributed by atoms with Gasteiger partial charge in [-0.1, -0.05) is 75.4 Å². The fourth-order valence-corrected chi connectivity index (χ4v) is 4.60. The molecule has 32 heavy (non-hydrogen) atoms. The molecule has 4 rings (SSSR count). The van der Waals surface area contributed by atoms with Crippen molar-refractivity contribution in [3.63, 3.8) is 0 Å². The van der Waals surface area contributed by atoms with Crippen LogP contribution in [0.25, 0.3) is 0 Å². The first kappa shape index (κ1) is 22.1. The second kappa shape index (κ2) is 9.99. The maximum atomic E-state index is 6.55. The molecule has 0 bridgehead atoms. The van der Waals surface area contributed by atoms with Crippen molar-refractivity contribution in [3.8, 4) is 11.5 Å². The van der Waals surface area contributed by atoms with Crippen LogP contribution in [0.4, 0.5) is 11.4 Å². The Labute approximate surface area is 192 Å². The smallest absolute Gasteiger partial charge is 0.142 e. The Kier molecular flexibility index (Phi) is 6.89. The Hall–Kier alpha value is -3.14. The Morgan fingerprint density at radius 1 is 0.719 bits per heavy atom. The zero-order valence-electron chi connectivity index (χ0n) is 19.3. The summed E-state index contributed by atoms with van der Waals surface area (Å²) in [5, 5.41) is 6.92. The predicted molar refractivity (Wildman–Crippen MR) is 133 cm³/mol. The fourth-order valence-electron chi connectivity index (χ4n) is 4.60. The van der Waals surface area contributed by atoms with Gasteiger partial charge in [0.25, 0.3) is 0 Å². The second-order valence-corrected chi connectivity index (χ2v) is 9.15. The van der Waals surface area contributed by atoms with E-state index in [0.29, 0.717) is 31.7 Å². The molecule has 1 unspecified atom stereocenters. The van der Waals surface area contributed by atoms with Crippen LogP contribution in [0.1, 0.15) is 32.8 Å². The summed E-state index contributed by atoms with van der Waals surface area (Å²) >= 11 is 0. The molecular formula is C28H34N2O2. The second-order valence-electron chi connectivity index (χ2n) is 9.15. The summed E-state index contributed by atoms with van der Waals surface area (Å²) in [6.45, 7) is 8.56. The molecule has 1 aliphatic rings. The summed E-state index contributed by atoms with van der Waals surface area (Å²) < 4.78 is 13.1. The van der Waals surface area contributed by atoms with E-state index in [-0.39, 0.29) is 5.41 Å². The summed E-state index contributed by atoms with van der Waals surface area (Å²) in [7, 11) is 0. The molecule has 3 aromatic rings. The van der Waals surface area contributed by atoms with Gasteiger partial charge in [-0.05, 0) is 48.1 Å². The first-order chi connectivity index (χ1) is 15.6. The molecule has 0 fully saturated rings. The van der Waals surface area contributed by atoms with Crippen LogP contribution >= 0.6 is 0 Å². The van der Waals surface area contributed by atoms with Gasteiger partial charge in [0.05, 0.1) is 23.5 Å². The number of hydrogen-bond donors (Lipinski definition) is 2. The monoisotopic (exact) mass is 430 g/mol. The number of rotatable bonds is 4. The summed E-state index contributed by atoms with van der Waals surface area (Å²) in [4.78, 5) is 0. The number of anilines is 2. The maximum Gasteiger partial charge on any atom is 0.142 e. The first-order valence-electron chi connectivity index (χ1n) is 11.6. The summed E-state index contributed by atoms with van der Waals surface area (Å²) in [6.07, 6.45) is 1.08. The fraction of sp³-hybridized carbons (Fsp3) is 0.357. The van der Waals surface area contributed by atoms with E-state index in [0.717, 1.165) is 29.3 Å². The third-order valence-electron chi connectivity index (χ3n) is 6.42. The van der Waals surface area contributed by atoms with E-state index in [9.17, 15) is 0 Å².